The number of amides is 1. The van der Waals surface area contributed by atoms with Crippen LogP contribution in [-0.4, -0.2) is 23.0 Å². The molecule has 1 aromatic carbocycles. The van der Waals surface area contributed by atoms with Crippen molar-refractivity contribution in [3.05, 3.63) is 36.5 Å². The second-order valence-electron chi connectivity index (χ2n) is 5.77. The van der Waals surface area contributed by atoms with Gasteiger partial charge < -0.3 is 10.6 Å². The first kappa shape index (κ1) is 13.9. The van der Waals surface area contributed by atoms with Gasteiger partial charge in [-0.25, -0.2) is 4.98 Å². The molecule has 0 radical (unpaired) electrons. The molecule has 110 valence electrons. The van der Waals surface area contributed by atoms with Crippen molar-refractivity contribution in [1.29, 1.82) is 0 Å². The van der Waals surface area contributed by atoms with Crippen LogP contribution in [0.25, 0.3) is 10.8 Å². The molecule has 1 fully saturated rings. The van der Waals surface area contributed by atoms with Crippen LogP contribution in [0.4, 0.5) is 5.82 Å². The van der Waals surface area contributed by atoms with Gasteiger partial charge in [0.15, 0.2) is 0 Å². The van der Waals surface area contributed by atoms with Gasteiger partial charge in [-0.2, -0.15) is 0 Å². The first-order chi connectivity index (χ1) is 10.2. The van der Waals surface area contributed by atoms with Crippen molar-refractivity contribution >= 4 is 22.5 Å². The van der Waals surface area contributed by atoms with Crippen molar-refractivity contribution in [3.63, 3.8) is 0 Å². The summed E-state index contributed by atoms with van der Waals surface area (Å²) >= 11 is 0. The highest BCUT2D eigenvalue weighted by atomic mass is 16.1. The number of carbonyl (C=O) groups is 1. The number of rotatable bonds is 3. The summed E-state index contributed by atoms with van der Waals surface area (Å²) in [5.41, 5.74) is 0. The molecule has 4 nitrogen and oxygen atoms in total. The largest absolute Gasteiger partial charge is 0.367 e. The third-order valence-corrected chi connectivity index (χ3v) is 4.15. The summed E-state index contributed by atoms with van der Waals surface area (Å²) in [6.07, 6.45) is 6.04. The lowest BCUT2D eigenvalue weighted by molar-refractivity contribution is -0.119. The molecular formula is C17H21N3O. The van der Waals surface area contributed by atoms with Crippen LogP contribution in [0.15, 0.2) is 36.5 Å². The van der Waals surface area contributed by atoms with Gasteiger partial charge in [0.05, 0.1) is 0 Å². The molecule has 21 heavy (non-hydrogen) atoms. The van der Waals surface area contributed by atoms with Crippen LogP contribution < -0.4 is 10.6 Å². The zero-order valence-corrected chi connectivity index (χ0v) is 12.3. The topological polar surface area (TPSA) is 54.0 Å². The fourth-order valence-electron chi connectivity index (χ4n) is 3.10. The highest BCUT2D eigenvalue weighted by Gasteiger charge is 2.22. The van der Waals surface area contributed by atoms with E-state index in [0.29, 0.717) is 12.1 Å². The van der Waals surface area contributed by atoms with Gasteiger partial charge in [-0.3, -0.25) is 4.79 Å². The molecular weight excluding hydrogens is 262 g/mol. The standard InChI is InChI=1S/C17H21N3O/c1-12(21)19-14-6-8-15(9-7-14)20-17-16-5-3-2-4-13(16)10-11-18-17/h2-5,10-11,14-15H,6-9H2,1H3,(H,18,20)(H,19,21). The van der Waals surface area contributed by atoms with Crippen LogP contribution in [0.3, 0.4) is 0 Å². The van der Waals surface area contributed by atoms with E-state index in [1.807, 2.05) is 24.4 Å². The minimum absolute atomic E-state index is 0.0714. The molecule has 0 bridgehead atoms. The zero-order chi connectivity index (χ0) is 14.7. The van der Waals surface area contributed by atoms with Crippen LogP contribution in [-0.2, 0) is 4.79 Å². The van der Waals surface area contributed by atoms with Crippen molar-refractivity contribution in [2.45, 2.75) is 44.7 Å². The summed E-state index contributed by atoms with van der Waals surface area (Å²) < 4.78 is 0. The number of benzene rings is 1. The highest BCUT2D eigenvalue weighted by Crippen LogP contribution is 2.25. The number of nitrogens with zero attached hydrogens (tertiary/aromatic N) is 1. The molecule has 1 aromatic heterocycles. The van der Waals surface area contributed by atoms with Crippen molar-refractivity contribution in [2.24, 2.45) is 0 Å². The van der Waals surface area contributed by atoms with Gasteiger partial charge in [-0.1, -0.05) is 24.3 Å². The average Bonchev–Trinajstić information content (AvgIpc) is 2.49. The minimum atomic E-state index is 0.0714. The van der Waals surface area contributed by atoms with Gasteiger partial charge in [0.25, 0.3) is 0 Å². The highest BCUT2D eigenvalue weighted by molar-refractivity contribution is 5.91. The quantitative estimate of drug-likeness (QED) is 0.910. The molecule has 1 aliphatic rings. The molecule has 0 aliphatic heterocycles. The average molecular weight is 283 g/mol. The Morgan fingerprint density at radius 2 is 1.81 bits per heavy atom. The van der Waals surface area contributed by atoms with Crippen molar-refractivity contribution < 1.29 is 4.79 Å². The molecule has 0 unspecified atom stereocenters. The smallest absolute Gasteiger partial charge is 0.217 e. The third kappa shape index (κ3) is 3.32. The molecule has 1 amide bonds. The maximum atomic E-state index is 11.1. The van der Waals surface area contributed by atoms with E-state index in [0.717, 1.165) is 31.5 Å². The molecule has 0 atom stereocenters. The minimum Gasteiger partial charge on any atom is -0.367 e. The monoisotopic (exact) mass is 283 g/mol. The maximum Gasteiger partial charge on any atom is 0.217 e. The van der Waals surface area contributed by atoms with E-state index >= 15 is 0 Å². The van der Waals surface area contributed by atoms with Crippen LogP contribution in [0, 0.1) is 0 Å². The Morgan fingerprint density at radius 3 is 2.57 bits per heavy atom. The van der Waals surface area contributed by atoms with E-state index in [4.69, 9.17) is 0 Å². The molecule has 1 saturated carbocycles. The summed E-state index contributed by atoms with van der Waals surface area (Å²) in [6.45, 7) is 1.59. The Bertz CT molecular complexity index is 627. The number of anilines is 1. The lowest BCUT2D eigenvalue weighted by Crippen LogP contribution is -2.39. The van der Waals surface area contributed by atoms with Gasteiger partial charge in [-0.05, 0) is 37.1 Å². The van der Waals surface area contributed by atoms with Gasteiger partial charge in [0.2, 0.25) is 5.91 Å². The van der Waals surface area contributed by atoms with Crippen molar-refractivity contribution in [1.82, 2.24) is 10.3 Å². The van der Waals surface area contributed by atoms with Gasteiger partial charge in [-0.15, -0.1) is 0 Å². The predicted molar refractivity (Wildman–Crippen MR) is 85.2 cm³/mol. The van der Waals surface area contributed by atoms with E-state index in [1.54, 1.807) is 6.92 Å². The molecule has 2 N–H and O–H groups in total. The second kappa shape index (κ2) is 6.12. The number of fused-ring (bicyclic) bond motifs is 1. The van der Waals surface area contributed by atoms with E-state index in [9.17, 15) is 4.79 Å². The zero-order valence-electron chi connectivity index (χ0n) is 12.3. The summed E-state index contributed by atoms with van der Waals surface area (Å²) in [7, 11) is 0. The summed E-state index contributed by atoms with van der Waals surface area (Å²) in [4.78, 5) is 15.6. The second-order valence-corrected chi connectivity index (χ2v) is 5.77. The maximum absolute atomic E-state index is 11.1. The van der Waals surface area contributed by atoms with E-state index in [1.165, 1.54) is 10.8 Å². The predicted octanol–water partition coefficient (Wildman–Crippen LogP) is 3.09. The van der Waals surface area contributed by atoms with Gasteiger partial charge in [0, 0.05) is 30.6 Å². The lowest BCUT2D eigenvalue weighted by Gasteiger charge is -2.30. The summed E-state index contributed by atoms with van der Waals surface area (Å²) in [6, 6.07) is 11.1. The van der Waals surface area contributed by atoms with E-state index in [2.05, 4.69) is 27.8 Å². The Balaban J connectivity index is 1.66. The van der Waals surface area contributed by atoms with Crippen LogP contribution in [0.2, 0.25) is 0 Å². The Morgan fingerprint density at radius 1 is 1.10 bits per heavy atom. The van der Waals surface area contributed by atoms with E-state index < -0.39 is 0 Å². The molecule has 0 spiro atoms. The molecule has 1 heterocycles. The van der Waals surface area contributed by atoms with Crippen molar-refractivity contribution in [2.75, 3.05) is 5.32 Å². The van der Waals surface area contributed by atoms with Gasteiger partial charge in [0.1, 0.15) is 5.82 Å². The summed E-state index contributed by atoms with van der Waals surface area (Å²) in [5.74, 6) is 1.04. The third-order valence-electron chi connectivity index (χ3n) is 4.15. The molecule has 0 saturated heterocycles. The number of hydrogen-bond donors (Lipinski definition) is 2. The number of nitrogens with one attached hydrogen (secondary N) is 2. The normalized spacial score (nSPS) is 22.0. The van der Waals surface area contributed by atoms with Crippen LogP contribution in [0.5, 0.6) is 0 Å². The number of pyridine rings is 1. The van der Waals surface area contributed by atoms with Crippen LogP contribution in [0.1, 0.15) is 32.6 Å². The van der Waals surface area contributed by atoms with Gasteiger partial charge >= 0.3 is 0 Å². The number of carbonyl (C=O) groups excluding carboxylic acids is 1. The SMILES string of the molecule is CC(=O)NC1CCC(Nc2nccc3ccccc23)CC1. The number of hydrogen-bond acceptors (Lipinski definition) is 3. The molecule has 4 heteroatoms. The molecule has 1 aliphatic carbocycles. The lowest BCUT2D eigenvalue weighted by atomic mass is 9.91. The first-order valence-electron chi connectivity index (χ1n) is 7.60. The molecule has 2 aromatic rings. The Labute approximate surface area is 125 Å². The summed E-state index contributed by atoms with van der Waals surface area (Å²) in [5, 5.41) is 8.97. The Kier molecular flexibility index (Phi) is 4.04. The Hall–Kier alpha value is -2.10. The fraction of sp³-hybridized carbons (Fsp3) is 0.412. The van der Waals surface area contributed by atoms with Crippen molar-refractivity contribution in [3.8, 4) is 0 Å². The molecule has 3 rings (SSSR count). The first-order valence-corrected chi connectivity index (χ1v) is 7.60. The number of aromatic nitrogens is 1. The van der Waals surface area contributed by atoms with Crippen LogP contribution >= 0.6 is 0 Å². The fourth-order valence-corrected chi connectivity index (χ4v) is 3.10. The van der Waals surface area contributed by atoms with E-state index in [-0.39, 0.29) is 5.91 Å².